The van der Waals surface area contributed by atoms with E-state index in [0.717, 1.165) is 0 Å². The van der Waals surface area contributed by atoms with Crippen molar-refractivity contribution < 1.29 is 24.1 Å². The highest BCUT2D eigenvalue weighted by Gasteiger charge is 2.33. The molecule has 9 heteroatoms. The summed E-state index contributed by atoms with van der Waals surface area (Å²) in [6.07, 6.45) is 0. The second-order valence-electron chi connectivity index (χ2n) is 2.94. The Morgan fingerprint density at radius 1 is 0.833 bits per heavy atom. The van der Waals surface area contributed by atoms with Gasteiger partial charge in [-0.15, -0.1) is 0 Å². The van der Waals surface area contributed by atoms with E-state index in [9.17, 15) is 20.2 Å². The van der Waals surface area contributed by atoms with Crippen molar-refractivity contribution in [1.29, 1.82) is 0 Å². The maximum Gasteiger partial charge on any atom is 0.330 e. The van der Waals surface area contributed by atoms with Crippen LogP contribution in [0, 0.1) is 26.3 Å². The molecule has 0 aliphatic rings. The monoisotopic (exact) mass is 257 g/mol. The van der Waals surface area contributed by atoms with E-state index in [-0.39, 0.29) is 17.2 Å². The number of nitrogens with zero attached hydrogens (tertiary/aromatic N) is 2. The molecule has 0 saturated heterocycles. The van der Waals surface area contributed by atoms with Gasteiger partial charge in [0.05, 0.1) is 31.2 Å². The van der Waals surface area contributed by atoms with Crippen molar-refractivity contribution in [2.24, 2.45) is 0 Å². The molecule has 18 heavy (non-hydrogen) atoms. The molecule has 0 aliphatic heterocycles. The van der Waals surface area contributed by atoms with Gasteiger partial charge in [0.2, 0.25) is 17.2 Å². The van der Waals surface area contributed by atoms with Gasteiger partial charge in [-0.1, -0.05) is 0 Å². The lowest BCUT2D eigenvalue weighted by atomic mass is 10.2. The van der Waals surface area contributed by atoms with Crippen molar-refractivity contribution in [3.63, 3.8) is 0 Å². The Bertz CT molecular complexity index is 460. The summed E-state index contributed by atoms with van der Waals surface area (Å²) in [5, 5.41) is 21.6. The highest BCUT2D eigenvalue weighted by Crippen LogP contribution is 2.48. The quantitative estimate of drug-likeness (QED) is 0.577. The summed E-state index contributed by atoms with van der Waals surface area (Å²) in [5.41, 5.74) is -1.39. The minimum absolute atomic E-state index is 0.225. The molecule has 0 aliphatic carbocycles. The fourth-order valence-electron chi connectivity index (χ4n) is 1.37. The maximum absolute atomic E-state index is 10.8. The van der Waals surface area contributed by atoms with Crippen LogP contribution in [0.25, 0.3) is 0 Å². The van der Waals surface area contributed by atoms with E-state index in [4.69, 9.17) is 14.2 Å². The Kier molecular flexibility index (Phi) is 3.87. The summed E-state index contributed by atoms with van der Waals surface area (Å²) >= 11 is 0. The predicted molar refractivity (Wildman–Crippen MR) is 58.2 cm³/mol. The molecule has 0 aromatic heterocycles. The second kappa shape index (κ2) is 5.17. The van der Waals surface area contributed by atoms with E-state index < -0.39 is 21.2 Å². The van der Waals surface area contributed by atoms with Crippen LogP contribution in [0.5, 0.6) is 17.2 Å². The Hall–Kier alpha value is -2.58. The first kappa shape index (κ1) is 13.5. The number of rotatable bonds is 5. The lowest BCUT2D eigenvalue weighted by Gasteiger charge is -2.11. The molecular weight excluding hydrogens is 248 g/mol. The topological polar surface area (TPSA) is 114 Å². The normalized spacial score (nSPS) is 9.72. The van der Waals surface area contributed by atoms with Crippen LogP contribution in [0.1, 0.15) is 0 Å². The maximum atomic E-state index is 10.8. The van der Waals surface area contributed by atoms with Crippen LogP contribution in [0.15, 0.2) is 0 Å². The van der Waals surface area contributed by atoms with E-state index >= 15 is 0 Å². The zero-order chi connectivity index (χ0) is 13.9. The Balaban J connectivity index is 3.72. The second-order valence-corrected chi connectivity index (χ2v) is 2.94. The van der Waals surface area contributed by atoms with Crippen LogP contribution >= 0.6 is 0 Å². The number of hydrogen-bond acceptors (Lipinski definition) is 7. The van der Waals surface area contributed by atoms with Gasteiger partial charge in [0.1, 0.15) is 0 Å². The first-order valence-corrected chi connectivity index (χ1v) is 4.51. The molecule has 1 aromatic rings. The fraction of sp³-hybridized carbons (Fsp3) is 0.333. The van der Waals surface area contributed by atoms with E-state index in [1.165, 1.54) is 21.3 Å². The smallest absolute Gasteiger partial charge is 0.330 e. The molecule has 0 spiro atoms. The molecule has 0 fully saturated rings. The molecule has 1 radical (unpaired) electrons. The predicted octanol–water partition coefficient (Wildman–Crippen LogP) is 1.33. The fourth-order valence-corrected chi connectivity index (χ4v) is 1.37. The summed E-state index contributed by atoms with van der Waals surface area (Å²) in [6, 6.07) is 2.03. The molecular formula is C9H9N2O7. The summed E-state index contributed by atoms with van der Waals surface area (Å²) in [6.45, 7) is 0. The molecule has 0 bridgehead atoms. The zero-order valence-corrected chi connectivity index (χ0v) is 9.75. The van der Waals surface area contributed by atoms with E-state index in [2.05, 4.69) is 0 Å². The summed E-state index contributed by atoms with van der Waals surface area (Å²) < 4.78 is 14.5. The Morgan fingerprint density at radius 2 is 1.17 bits per heavy atom. The largest absolute Gasteiger partial charge is 0.489 e. The van der Waals surface area contributed by atoms with E-state index in [0.29, 0.717) is 0 Å². The van der Waals surface area contributed by atoms with Gasteiger partial charge in [0.25, 0.3) is 0 Å². The van der Waals surface area contributed by atoms with Gasteiger partial charge in [0, 0.05) is 0 Å². The van der Waals surface area contributed by atoms with Crippen LogP contribution in [0.3, 0.4) is 0 Å². The van der Waals surface area contributed by atoms with E-state index in [1.54, 1.807) is 0 Å². The summed E-state index contributed by atoms with van der Waals surface area (Å²) in [7, 11) is 3.53. The lowest BCUT2D eigenvalue weighted by molar-refractivity contribution is -0.395. The molecule has 1 rings (SSSR count). The van der Waals surface area contributed by atoms with Crippen molar-refractivity contribution in [3.05, 3.63) is 26.3 Å². The molecule has 0 N–H and O–H groups in total. The van der Waals surface area contributed by atoms with Crippen LogP contribution in [-0.4, -0.2) is 31.2 Å². The van der Waals surface area contributed by atoms with Crippen molar-refractivity contribution in [3.8, 4) is 17.2 Å². The molecule has 0 atom stereocenters. The molecule has 0 unspecified atom stereocenters. The van der Waals surface area contributed by atoms with Crippen molar-refractivity contribution in [2.75, 3.05) is 21.3 Å². The van der Waals surface area contributed by atoms with Gasteiger partial charge in [0.15, 0.2) is 6.07 Å². The average molecular weight is 257 g/mol. The number of methoxy groups -OCH3 is 3. The van der Waals surface area contributed by atoms with Crippen molar-refractivity contribution in [1.82, 2.24) is 0 Å². The van der Waals surface area contributed by atoms with Crippen LogP contribution in [-0.2, 0) is 0 Å². The Morgan fingerprint density at radius 3 is 1.39 bits per heavy atom. The Labute approximate surface area is 101 Å². The van der Waals surface area contributed by atoms with Crippen LogP contribution in [0.4, 0.5) is 11.4 Å². The van der Waals surface area contributed by atoms with Crippen LogP contribution < -0.4 is 14.2 Å². The molecule has 9 nitrogen and oxygen atoms in total. The zero-order valence-electron chi connectivity index (χ0n) is 9.75. The third-order valence-electron chi connectivity index (χ3n) is 2.06. The molecule has 97 valence electrons. The van der Waals surface area contributed by atoms with Gasteiger partial charge >= 0.3 is 11.4 Å². The number of nitro groups is 2. The van der Waals surface area contributed by atoms with Gasteiger partial charge in [-0.3, -0.25) is 20.2 Å². The first-order valence-electron chi connectivity index (χ1n) is 4.51. The average Bonchev–Trinajstić information content (AvgIpc) is 2.35. The number of ether oxygens (including phenoxy) is 3. The lowest BCUT2D eigenvalue weighted by Crippen LogP contribution is -2.03. The third kappa shape index (κ3) is 2.10. The number of hydrogen-bond donors (Lipinski definition) is 0. The number of benzene rings is 1. The SMILES string of the molecule is COc1c([N+](=O)[O-])[c]c([N+](=O)[O-])c(OC)c1OC. The summed E-state index contributed by atoms with van der Waals surface area (Å²) in [5.74, 6) is -0.799. The summed E-state index contributed by atoms with van der Waals surface area (Å²) in [4.78, 5) is 19.9. The first-order chi connectivity index (χ1) is 8.47. The highest BCUT2D eigenvalue weighted by atomic mass is 16.6. The minimum atomic E-state index is -0.853. The van der Waals surface area contributed by atoms with Gasteiger partial charge in [-0.05, 0) is 0 Å². The number of nitro benzene ring substituents is 2. The van der Waals surface area contributed by atoms with Gasteiger partial charge < -0.3 is 14.2 Å². The third-order valence-corrected chi connectivity index (χ3v) is 2.06. The van der Waals surface area contributed by atoms with Gasteiger partial charge in [-0.2, -0.15) is 0 Å². The standard InChI is InChI=1S/C9H9N2O7/c1-16-7-5(10(12)13)4-6(11(14)15)8(17-2)9(7)18-3/h1-3H3. The molecule has 0 saturated carbocycles. The van der Waals surface area contributed by atoms with Gasteiger partial charge in [-0.25, -0.2) is 0 Å². The molecule has 0 heterocycles. The minimum Gasteiger partial charge on any atom is -0.489 e. The van der Waals surface area contributed by atoms with Crippen molar-refractivity contribution in [2.45, 2.75) is 0 Å². The van der Waals surface area contributed by atoms with Crippen molar-refractivity contribution >= 4 is 11.4 Å². The molecule has 0 amide bonds. The molecule has 1 aromatic carbocycles. The van der Waals surface area contributed by atoms with E-state index in [1.807, 2.05) is 6.07 Å². The highest BCUT2D eigenvalue weighted by molar-refractivity contribution is 5.70. The van der Waals surface area contributed by atoms with Crippen LogP contribution in [0.2, 0.25) is 0 Å².